The van der Waals surface area contributed by atoms with E-state index in [1.54, 1.807) is 37.3 Å². The first-order valence-corrected chi connectivity index (χ1v) is 9.10. The first-order chi connectivity index (χ1) is 12.9. The molecule has 0 aliphatic heterocycles. The van der Waals surface area contributed by atoms with E-state index in [9.17, 15) is 14.4 Å². The van der Waals surface area contributed by atoms with E-state index in [-0.39, 0.29) is 12.5 Å². The second kappa shape index (κ2) is 7.79. The molecule has 3 aromatic rings. The van der Waals surface area contributed by atoms with Gasteiger partial charge in [-0.15, -0.1) is 0 Å². The van der Waals surface area contributed by atoms with E-state index in [4.69, 9.17) is 4.42 Å². The molecule has 2 aromatic carbocycles. The quantitative estimate of drug-likeness (QED) is 0.649. The average Bonchev–Trinajstić information content (AvgIpc) is 2.97. The zero-order valence-electron chi connectivity index (χ0n) is 14.8. The number of carbonyl (C=O) groups excluding carboxylic acids is 2. The summed E-state index contributed by atoms with van der Waals surface area (Å²) in [5.41, 5.74) is 2.56. The molecule has 0 spiro atoms. The fourth-order valence-corrected chi connectivity index (χ4v) is 2.96. The van der Waals surface area contributed by atoms with Gasteiger partial charge in [-0.25, -0.2) is 4.79 Å². The summed E-state index contributed by atoms with van der Waals surface area (Å²) in [7, 11) is 0. The van der Waals surface area contributed by atoms with Crippen LogP contribution in [0.25, 0.3) is 11.1 Å². The number of hydrogen-bond donors (Lipinski definition) is 2. The molecule has 0 radical (unpaired) electrons. The number of fused-ring (bicyclic) bond motifs is 1. The molecule has 3 rings (SSSR count). The highest BCUT2D eigenvalue weighted by molar-refractivity contribution is 9.10. The van der Waals surface area contributed by atoms with E-state index in [0.717, 1.165) is 10.0 Å². The Kier molecular flexibility index (Phi) is 5.46. The van der Waals surface area contributed by atoms with Gasteiger partial charge in [0.25, 0.3) is 0 Å². The molecule has 0 aliphatic rings. The zero-order chi connectivity index (χ0) is 19.6. The largest absolute Gasteiger partial charge is 0.420 e. The highest BCUT2D eigenvalue weighted by Crippen LogP contribution is 2.20. The fraction of sp³-hybridized carbons (Fsp3) is 0.211. The molecule has 27 heavy (non-hydrogen) atoms. The van der Waals surface area contributed by atoms with Crippen molar-refractivity contribution in [2.24, 2.45) is 0 Å². The maximum Gasteiger partial charge on any atom is 0.420 e. The number of nitrogens with one attached hydrogen (secondary N) is 2. The summed E-state index contributed by atoms with van der Waals surface area (Å²) in [6.07, 6.45) is 0. The number of para-hydroxylation sites is 2. The summed E-state index contributed by atoms with van der Waals surface area (Å²) in [6, 6.07) is 11.5. The number of hydrogen-bond acceptors (Lipinski definition) is 4. The van der Waals surface area contributed by atoms with Crippen molar-refractivity contribution in [3.63, 3.8) is 0 Å². The van der Waals surface area contributed by atoms with Crippen molar-refractivity contribution in [1.82, 2.24) is 9.88 Å². The molecule has 0 aliphatic carbocycles. The monoisotopic (exact) mass is 431 g/mol. The number of anilines is 1. The van der Waals surface area contributed by atoms with E-state index in [0.29, 0.717) is 16.8 Å². The minimum absolute atomic E-state index is 0.206. The number of benzene rings is 2. The average molecular weight is 432 g/mol. The van der Waals surface area contributed by atoms with Crippen LogP contribution in [0.4, 0.5) is 5.69 Å². The number of carbonyl (C=O) groups is 2. The first kappa shape index (κ1) is 18.9. The number of aryl methyl sites for hydroxylation is 1. The van der Waals surface area contributed by atoms with Crippen LogP contribution in [0.15, 0.2) is 56.1 Å². The molecule has 8 heteroatoms. The summed E-state index contributed by atoms with van der Waals surface area (Å²) in [5, 5.41) is 5.27. The molecule has 0 fully saturated rings. The van der Waals surface area contributed by atoms with Gasteiger partial charge >= 0.3 is 5.76 Å². The van der Waals surface area contributed by atoms with Gasteiger partial charge in [0.05, 0.1) is 12.1 Å². The van der Waals surface area contributed by atoms with Gasteiger partial charge in [0.1, 0.15) is 6.04 Å². The molecule has 1 heterocycles. The third-order valence-corrected chi connectivity index (χ3v) is 5.04. The van der Waals surface area contributed by atoms with Crippen LogP contribution < -0.4 is 16.4 Å². The Labute approximate surface area is 163 Å². The lowest BCUT2D eigenvalue weighted by molar-refractivity contribution is -0.126. The van der Waals surface area contributed by atoms with Crippen molar-refractivity contribution >= 4 is 44.5 Å². The number of rotatable bonds is 5. The van der Waals surface area contributed by atoms with Gasteiger partial charge < -0.3 is 15.1 Å². The van der Waals surface area contributed by atoms with Crippen LogP contribution in [-0.2, 0) is 9.59 Å². The lowest BCUT2D eigenvalue weighted by atomic mass is 10.2. The van der Waals surface area contributed by atoms with E-state index >= 15 is 0 Å². The van der Waals surface area contributed by atoms with Gasteiger partial charge in [-0.1, -0.05) is 28.1 Å². The Bertz CT molecular complexity index is 1070. The molecule has 0 bridgehead atoms. The maximum atomic E-state index is 12.4. The molecule has 7 nitrogen and oxygen atoms in total. The summed E-state index contributed by atoms with van der Waals surface area (Å²) >= 11 is 3.40. The predicted octanol–water partition coefficient (Wildman–Crippen LogP) is 2.98. The first-order valence-electron chi connectivity index (χ1n) is 8.30. The number of nitrogens with zero attached hydrogens (tertiary/aromatic N) is 1. The van der Waals surface area contributed by atoms with Crippen LogP contribution in [0, 0.1) is 6.92 Å². The van der Waals surface area contributed by atoms with Gasteiger partial charge in [-0.3, -0.25) is 14.2 Å². The van der Waals surface area contributed by atoms with Crippen LogP contribution in [0.1, 0.15) is 18.5 Å². The van der Waals surface area contributed by atoms with Crippen molar-refractivity contribution < 1.29 is 14.0 Å². The molecule has 2 amide bonds. The topological polar surface area (TPSA) is 93.3 Å². The van der Waals surface area contributed by atoms with Crippen LogP contribution in [0.3, 0.4) is 0 Å². The summed E-state index contributed by atoms with van der Waals surface area (Å²) in [4.78, 5) is 36.5. The second-order valence-electron chi connectivity index (χ2n) is 6.11. The van der Waals surface area contributed by atoms with Crippen LogP contribution in [-0.4, -0.2) is 22.9 Å². The van der Waals surface area contributed by atoms with Gasteiger partial charge in [0.2, 0.25) is 11.8 Å². The highest BCUT2D eigenvalue weighted by atomic mass is 79.9. The summed E-state index contributed by atoms with van der Waals surface area (Å²) < 4.78 is 7.35. The number of oxazole rings is 1. The fourth-order valence-electron chi connectivity index (χ4n) is 2.71. The second-order valence-corrected chi connectivity index (χ2v) is 6.97. The zero-order valence-corrected chi connectivity index (χ0v) is 16.4. The minimum atomic E-state index is -0.816. The number of amides is 2. The minimum Gasteiger partial charge on any atom is -0.408 e. The van der Waals surface area contributed by atoms with E-state index < -0.39 is 17.7 Å². The van der Waals surface area contributed by atoms with Gasteiger partial charge in [-0.2, -0.15) is 0 Å². The highest BCUT2D eigenvalue weighted by Gasteiger charge is 2.21. The van der Waals surface area contributed by atoms with Crippen LogP contribution >= 0.6 is 15.9 Å². The molecule has 0 saturated heterocycles. The normalized spacial score (nSPS) is 12.0. The van der Waals surface area contributed by atoms with Gasteiger partial charge in [0, 0.05) is 10.2 Å². The number of aromatic nitrogens is 1. The van der Waals surface area contributed by atoms with Crippen molar-refractivity contribution in [3.05, 3.63) is 63.1 Å². The molecule has 1 aromatic heterocycles. The number of halogens is 1. The predicted molar refractivity (Wildman–Crippen MR) is 106 cm³/mol. The lowest BCUT2D eigenvalue weighted by Crippen LogP contribution is -2.38. The van der Waals surface area contributed by atoms with Crippen molar-refractivity contribution in [2.45, 2.75) is 19.9 Å². The molecular weight excluding hydrogens is 414 g/mol. The Morgan fingerprint density at radius 3 is 2.70 bits per heavy atom. The SMILES string of the molecule is Cc1cc(NC(=O)CNC(=O)C(C)n2c(=O)oc3ccccc32)ccc1Br. The Balaban J connectivity index is 1.64. The Hall–Kier alpha value is -2.87. The molecule has 1 unspecified atom stereocenters. The summed E-state index contributed by atoms with van der Waals surface area (Å²) in [5.74, 6) is -1.43. The Morgan fingerprint density at radius 1 is 1.22 bits per heavy atom. The van der Waals surface area contributed by atoms with E-state index in [1.165, 1.54) is 4.57 Å². The van der Waals surface area contributed by atoms with Crippen LogP contribution in [0.2, 0.25) is 0 Å². The van der Waals surface area contributed by atoms with Gasteiger partial charge in [0.15, 0.2) is 5.58 Å². The molecule has 0 saturated carbocycles. The van der Waals surface area contributed by atoms with Crippen molar-refractivity contribution in [3.8, 4) is 0 Å². The third kappa shape index (κ3) is 4.11. The van der Waals surface area contributed by atoms with Crippen LogP contribution in [0.5, 0.6) is 0 Å². The molecular formula is C19H18BrN3O4. The van der Waals surface area contributed by atoms with Crippen molar-refractivity contribution in [1.29, 1.82) is 0 Å². The third-order valence-electron chi connectivity index (χ3n) is 4.15. The smallest absolute Gasteiger partial charge is 0.408 e. The lowest BCUT2D eigenvalue weighted by Gasteiger charge is -2.13. The van der Waals surface area contributed by atoms with E-state index in [1.807, 2.05) is 19.1 Å². The van der Waals surface area contributed by atoms with Gasteiger partial charge in [-0.05, 0) is 49.7 Å². The van der Waals surface area contributed by atoms with E-state index in [2.05, 4.69) is 26.6 Å². The van der Waals surface area contributed by atoms with Crippen molar-refractivity contribution in [2.75, 3.05) is 11.9 Å². The Morgan fingerprint density at radius 2 is 1.96 bits per heavy atom. The summed E-state index contributed by atoms with van der Waals surface area (Å²) in [6.45, 7) is 3.29. The molecule has 140 valence electrons. The molecule has 2 N–H and O–H groups in total. The standard InChI is InChI=1S/C19H18BrN3O4/c1-11-9-13(7-8-14(11)20)22-17(24)10-21-18(25)12(2)23-15-5-3-4-6-16(15)27-19(23)26/h3-9,12H,10H2,1-2H3,(H,21,25)(H,22,24). The maximum absolute atomic E-state index is 12.4. The molecule has 1 atom stereocenters.